The van der Waals surface area contributed by atoms with Crippen LogP contribution in [0.4, 0.5) is 5.82 Å². The summed E-state index contributed by atoms with van der Waals surface area (Å²) in [6.07, 6.45) is 2.01. The highest BCUT2D eigenvalue weighted by molar-refractivity contribution is 14.2. The van der Waals surface area contributed by atoms with Gasteiger partial charge in [0.2, 0.25) is 6.41 Å². The molecule has 1 aromatic heterocycles. The van der Waals surface area contributed by atoms with E-state index in [-0.39, 0.29) is 16.4 Å². The first-order valence-electron chi connectivity index (χ1n) is 8.93. The van der Waals surface area contributed by atoms with Gasteiger partial charge in [0.05, 0.1) is 27.6 Å². The largest absolute Gasteiger partial charge is 0.276 e. The number of rotatable bonds is 6. The van der Waals surface area contributed by atoms with Gasteiger partial charge in [0, 0.05) is 26.8 Å². The maximum atomic E-state index is 12.3. The van der Waals surface area contributed by atoms with E-state index in [1.54, 1.807) is 38.1 Å². The zero-order valence-corrected chi connectivity index (χ0v) is 21.0. The van der Waals surface area contributed by atoms with Crippen molar-refractivity contribution in [3.05, 3.63) is 36.2 Å². The van der Waals surface area contributed by atoms with E-state index in [0.29, 0.717) is 17.7 Å². The molecular formula is C20H22IN3O4S2. The monoisotopic (exact) mass is 559 g/mol. The quantitative estimate of drug-likeness (QED) is 0.224. The number of carbonyl (C=O) groups is 1. The van der Waals surface area contributed by atoms with Crippen molar-refractivity contribution < 1.29 is 18.0 Å². The van der Waals surface area contributed by atoms with E-state index < -0.39 is 20.7 Å². The minimum Gasteiger partial charge on any atom is -0.276 e. The lowest BCUT2D eigenvalue weighted by Gasteiger charge is -2.26. The lowest BCUT2D eigenvalue weighted by Crippen LogP contribution is -2.34. The maximum Gasteiger partial charge on any atom is 0.239 e. The molecule has 0 fully saturated rings. The molecule has 0 aliphatic heterocycles. The Labute approximate surface area is 193 Å². The summed E-state index contributed by atoms with van der Waals surface area (Å²) in [5.74, 6) is 3.06. The molecule has 1 aromatic carbocycles. The van der Waals surface area contributed by atoms with Crippen LogP contribution in [0, 0.1) is 11.2 Å². The molecule has 2 aromatic rings. The number of amides is 1. The van der Waals surface area contributed by atoms with Gasteiger partial charge in [0.25, 0.3) is 0 Å². The molecule has 0 unspecified atom stereocenters. The highest BCUT2D eigenvalue weighted by Gasteiger charge is 2.22. The standard InChI is InChI=1S/C20H22IN3O4S2/c1-14(2)30(26,27)16-8-6-15(7-9-16)18-12-22-19(17(23-18)10-11-29-21)24(13-25)28-20(3,4)5/h6-9,12-14H,1-5H3. The second kappa shape index (κ2) is 10.1. The molecule has 160 valence electrons. The Morgan fingerprint density at radius 1 is 1.23 bits per heavy atom. The second-order valence-corrected chi connectivity index (χ2v) is 11.7. The van der Waals surface area contributed by atoms with E-state index in [9.17, 15) is 13.2 Å². The fraction of sp³-hybridized carbons (Fsp3) is 0.350. The van der Waals surface area contributed by atoms with Gasteiger partial charge in [-0.05, 0) is 66.9 Å². The summed E-state index contributed by atoms with van der Waals surface area (Å²) < 4.78 is 24.6. The van der Waals surface area contributed by atoms with Crippen molar-refractivity contribution >= 4 is 52.2 Å². The van der Waals surface area contributed by atoms with E-state index in [1.807, 2.05) is 42.0 Å². The third kappa shape index (κ3) is 6.16. The number of sulfone groups is 1. The number of hydrogen-bond donors (Lipinski definition) is 0. The molecule has 0 radical (unpaired) electrons. The number of anilines is 1. The second-order valence-electron chi connectivity index (χ2n) is 7.48. The SMILES string of the molecule is CC(C)S(=O)(=O)c1ccc(-c2cnc(N(C=O)OC(C)(C)C)c(C#CSI)n2)cc1. The van der Waals surface area contributed by atoms with Crippen LogP contribution in [0.1, 0.15) is 40.3 Å². The van der Waals surface area contributed by atoms with Crippen LogP contribution in [0.15, 0.2) is 35.4 Å². The summed E-state index contributed by atoms with van der Waals surface area (Å²) in [5, 5.41) is 3.34. The summed E-state index contributed by atoms with van der Waals surface area (Å²) in [7, 11) is -2.09. The molecular weight excluding hydrogens is 537 g/mol. The van der Waals surface area contributed by atoms with Crippen LogP contribution < -0.4 is 5.06 Å². The summed E-state index contributed by atoms with van der Waals surface area (Å²) >= 11 is 2.03. The molecule has 0 spiro atoms. The van der Waals surface area contributed by atoms with Gasteiger partial charge in [0.1, 0.15) is 0 Å². The Bertz CT molecular complexity index is 1070. The predicted octanol–water partition coefficient (Wildman–Crippen LogP) is 4.41. The highest BCUT2D eigenvalue weighted by atomic mass is 127. The zero-order valence-electron chi connectivity index (χ0n) is 17.2. The van der Waals surface area contributed by atoms with Crippen LogP contribution >= 0.6 is 30.1 Å². The van der Waals surface area contributed by atoms with Crippen LogP contribution in [0.5, 0.6) is 0 Å². The Morgan fingerprint density at radius 2 is 1.87 bits per heavy atom. The lowest BCUT2D eigenvalue weighted by molar-refractivity contribution is -0.120. The van der Waals surface area contributed by atoms with Crippen molar-refractivity contribution in [1.82, 2.24) is 9.97 Å². The van der Waals surface area contributed by atoms with Crippen LogP contribution in [0.25, 0.3) is 11.3 Å². The Hall–Kier alpha value is -1.68. The summed E-state index contributed by atoms with van der Waals surface area (Å²) in [5.41, 5.74) is 0.821. The van der Waals surface area contributed by atoms with Crippen molar-refractivity contribution in [1.29, 1.82) is 0 Å². The van der Waals surface area contributed by atoms with Crippen molar-refractivity contribution in [2.75, 3.05) is 5.06 Å². The molecule has 0 bridgehead atoms. The predicted molar refractivity (Wildman–Crippen MR) is 128 cm³/mol. The van der Waals surface area contributed by atoms with Crippen molar-refractivity contribution in [3.63, 3.8) is 0 Å². The molecule has 2 rings (SSSR count). The fourth-order valence-electron chi connectivity index (χ4n) is 2.33. The average molecular weight is 559 g/mol. The number of aromatic nitrogens is 2. The van der Waals surface area contributed by atoms with Crippen molar-refractivity contribution in [2.45, 2.75) is 50.4 Å². The number of hydrogen-bond acceptors (Lipinski definition) is 7. The third-order valence-corrected chi connectivity index (χ3v) is 6.75. The molecule has 0 aliphatic carbocycles. The van der Waals surface area contributed by atoms with E-state index in [1.165, 1.54) is 15.1 Å². The fourth-order valence-corrected chi connectivity index (χ4v) is 3.86. The Balaban J connectivity index is 2.49. The van der Waals surface area contributed by atoms with E-state index >= 15 is 0 Å². The Morgan fingerprint density at radius 3 is 2.37 bits per heavy atom. The van der Waals surface area contributed by atoms with Crippen LogP contribution in [-0.4, -0.2) is 35.6 Å². The third-order valence-electron chi connectivity index (χ3n) is 3.74. The molecule has 7 nitrogen and oxygen atoms in total. The van der Waals surface area contributed by atoms with Gasteiger partial charge >= 0.3 is 0 Å². The molecule has 10 heteroatoms. The van der Waals surface area contributed by atoms with Gasteiger partial charge in [0.15, 0.2) is 21.3 Å². The first kappa shape index (κ1) is 24.6. The van der Waals surface area contributed by atoms with E-state index in [4.69, 9.17) is 4.84 Å². The molecule has 0 atom stereocenters. The van der Waals surface area contributed by atoms with Gasteiger partial charge in [-0.15, -0.1) is 0 Å². The molecule has 0 aliphatic rings. The summed E-state index contributed by atoms with van der Waals surface area (Å²) in [6.45, 7) is 8.71. The molecule has 0 saturated carbocycles. The lowest BCUT2D eigenvalue weighted by atomic mass is 10.1. The number of benzene rings is 1. The minimum absolute atomic E-state index is 0.181. The number of hydroxylamine groups is 1. The number of carbonyl (C=O) groups excluding carboxylic acids is 1. The topological polar surface area (TPSA) is 89.5 Å². The number of halogens is 1. The first-order chi connectivity index (χ1) is 14.0. The van der Waals surface area contributed by atoms with Gasteiger partial charge in [-0.2, -0.15) is 5.06 Å². The van der Waals surface area contributed by atoms with Gasteiger partial charge in [-0.25, -0.2) is 18.4 Å². The summed E-state index contributed by atoms with van der Waals surface area (Å²) in [4.78, 5) is 26.3. The maximum absolute atomic E-state index is 12.3. The normalized spacial score (nSPS) is 11.7. The van der Waals surface area contributed by atoms with Crippen LogP contribution in [0.2, 0.25) is 0 Å². The zero-order chi connectivity index (χ0) is 22.5. The smallest absolute Gasteiger partial charge is 0.239 e. The van der Waals surface area contributed by atoms with Crippen molar-refractivity contribution in [3.8, 4) is 22.4 Å². The first-order valence-corrected chi connectivity index (χ1v) is 13.8. The average Bonchev–Trinajstić information content (AvgIpc) is 2.69. The van der Waals surface area contributed by atoms with E-state index in [0.717, 1.165) is 5.06 Å². The van der Waals surface area contributed by atoms with Crippen LogP contribution in [-0.2, 0) is 19.5 Å². The molecule has 30 heavy (non-hydrogen) atoms. The molecule has 1 amide bonds. The van der Waals surface area contributed by atoms with Gasteiger partial charge in [-0.1, -0.05) is 12.1 Å². The molecule has 0 saturated heterocycles. The minimum atomic E-state index is -3.36. The Kier molecular flexibility index (Phi) is 8.27. The summed E-state index contributed by atoms with van der Waals surface area (Å²) in [6, 6.07) is 6.44. The van der Waals surface area contributed by atoms with Crippen molar-refractivity contribution in [2.24, 2.45) is 0 Å². The molecule has 0 N–H and O–H groups in total. The number of nitrogens with zero attached hydrogens (tertiary/aromatic N) is 3. The van der Waals surface area contributed by atoms with E-state index in [2.05, 4.69) is 21.1 Å². The molecule has 1 heterocycles. The van der Waals surface area contributed by atoms with Crippen LogP contribution in [0.3, 0.4) is 0 Å². The van der Waals surface area contributed by atoms with Gasteiger partial charge < -0.3 is 0 Å². The highest BCUT2D eigenvalue weighted by Crippen LogP contribution is 2.25. The van der Waals surface area contributed by atoms with Gasteiger partial charge in [-0.3, -0.25) is 9.63 Å².